The molecule has 184 valence electrons. The summed E-state index contributed by atoms with van der Waals surface area (Å²) in [4.78, 5) is 20.7. The van der Waals surface area contributed by atoms with Crippen molar-refractivity contribution in [1.29, 1.82) is 0 Å². The summed E-state index contributed by atoms with van der Waals surface area (Å²) in [5, 5.41) is 0.288. The summed E-state index contributed by atoms with van der Waals surface area (Å²) < 4.78 is 44.1. The van der Waals surface area contributed by atoms with Crippen molar-refractivity contribution in [3.63, 3.8) is 0 Å². The Morgan fingerprint density at radius 3 is 2.24 bits per heavy atom. The van der Waals surface area contributed by atoms with Crippen molar-refractivity contribution in [3.05, 3.63) is 47.5 Å². The summed E-state index contributed by atoms with van der Waals surface area (Å²) in [5.74, 6) is -0.455. The Labute approximate surface area is 206 Å². The number of halogens is 3. The van der Waals surface area contributed by atoms with Crippen molar-refractivity contribution in [1.82, 2.24) is 9.88 Å². The molecule has 0 fully saturated rings. The van der Waals surface area contributed by atoms with E-state index in [1.54, 1.807) is 18.2 Å². The number of anilines is 1. The van der Waals surface area contributed by atoms with Gasteiger partial charge in [-0.15, -0.1) is 12.4 Å². The fraction of sp³-hybridized carbons (Fsp3) is 0.304. The molecule has 0 spiro atoms. The van der Waals surface area contributed by atoms with Crippen molar-refractivity contribution in [2.45, 2.75) is 0 Å². The van der Waals surface area contributed by atoms with Crippen LogP contribution >= 0.6 is 23.7 Å². The van der Waals surface area contributed by atoms with Crippen LogP contribution < -0.4 is 19.1 Å². The molecule has 1 heterocycles. The zero-order chi connectivity index (χ0) is 24.1. The van der Waals surface area contributed by atoms with Crippen molar-refractivity contribution in [2.75, 3.05) is 53.4 Å². The van der Waals surface area contributed by atoms with Crippen LogP contribution in [-0.4, -0.2) is 64.3 Å². The number of carbonyl (C=O) groups excluding carboxylic acids is 1. The number of hydrogen-bond acceptors (Lipinski definition) is 7. The molecule has 0 N–H and O–H groups in total. The Hall–Kier alpha value is -2.95. The van der Waals surface area contributed by atoms with E-state index in [2.05, 4.69) is 4.98 Å². The van der Waals surface area contributed by atoms with E-state index in [9.17, 15) is 13.6 Å². The van der Waals surface area contributed by atoms with Gasteiger partial charge in [0.2, 0.25) is 5.75 Å². The molecule has 0 radical (unpaired) electrons. The first-order valence-corrected chi connectivity index (χ1v) is 10.8. The lowest BCUT2D eigenvalue weighted by atomic mass is 10.1. The van der Waals surface area contributed by atoms with Crippen LogP contribution in [0.5, 0.6) is 17.2 Å². The smallest absolute Gasteiger partial charge is 0.252 e. The topological polar surface area (TPSA) is 64.1 Å². The summed E-state index contributed by atoms with van der Waals surface area (Å²) >= 11 is 1.06. The highest BCUT2D eigenvalue weighted by Gasteiger charge is 2.20. The Balaban J connectivity index is 0.00000408. The van der Waals surface area contributed by atoms with Gasteiger partial charge in [-0.3, -0.25) is 9.69 Å². The van der Waals surface area contributed by atoms with Crippen LogP contribution in [-0.2, 0) is 4.79 Å². The predicted octanol–water partition coefficient (Wildman–Crippen LogP) is 4.63. The number of thiazole rings is 1. The molecule has 0 unspecified atom stereocenters. The number of ether oxygens (including phenoxy) is 3. The third-order valence-corrected chi connectivity index (χ3v) is 5.80. The largest absolute Gasteiger partial charge is 0.493 e. The molecule has 0 aliphatic carbocycles. The van der Waals surface area contributed by atoms with E-state index in [0.717, 1.165) is 17.4 Å². The van der Waals surface area contributed by atoms with Gasteiger partial charge in [0, 0.05) is 25.2 Å². The lowest BCUT2D eigenvalue weighted by molar-refractivity contribution is -0.114. The standard InChI is InChI=1S/C23H25F2N3O4S.ClH/c1-27(2)8-9-28(23-26-21-16(25)12-15(24)13-19(21)33-23)20(29)7-6-14-10-17(30-3)22(32-5)18(11-14)31-4;/h6-7,10-13H,8-9H2,1-5H3;1H. The maximum atomic E-state index is 14.2. The number of rotatable bonds is 9. The second kappa shape index (κ2) is 12.0. The minimum absolute atomic E-state index is 0. The normalized spacial score (nSPS) is 11.1. The number of carbonyl (C=O) groups is 1. The monoisotopic (exact) mass is 513 g/mol. The quantitative estimate of drug-likeness (QED) is 0.389. The second-order valence-corrected chi connectivity index (χ2v) is 8.33. The molecule has 0 aliphatic rings. The predicted molar refractivity (Wildman–Crippen MR) is 133 cm³/mol. The first-order chi connectivity index (χ1) is 15.8. The summed E-state index contributed by atoms with van der Waals surface area (Å²) in [6.07, 6.45) is 3.00. The number of fused-ring (bicyclic) bond motifs is 1. The van der Waals surface area contributed by atoms with Crippen LogP contribution in [0.4, 0.5) is 13.9 Å². The van der Waals surface area contributed by atoms with Gasteiger partial charge in [0.1, 0.15) is 11.3 Å². The number of hydrogen-bond donors (Lipinski definition) is 0. The van der Waals surface area contributed by atoms with Gasteiger partial charge in [-0.2, -0.15) is 0 Å². The zero-order valence-corrected chi connectivity index (χ0v) is 21.1. The number of nitrogens with zero attached hydrogens (tertiary/aromatic N) is 3. The molecule has 3 rings (SSSR count). The number of likely N-dealkylation sites (N-methyl/N-ethyl adjacent to an activating group) is 1. The lowest BCUT2D eigenvalue weighted by Crippen LogP contribution is -2.35. The van der Waals surface area contributed by atoms with Crippen molar-refractivity contribution < 1.29 is 27.8 Å². The van der Waals surface area contributed by atoms with Gasteiger partial charge in [0.05, 0.1) is 26.0 Å². The van der Waals surface area contributed by atoms with Gasteiger partial charge >= 0.3 is 0 Å². The third-order valence-electron chi connectivity index (χ3n) is 4.78. The van der Waals surface area contributed by atoms with Gasteiger partial charge in [-0.25, -0.2) is 13.8 Å². The maximum absolute atomic E-state index is 14.2. The summed E-state index contributed by atoms with van der Waals surface area (Å²) in [7, 11) is 8.28. The van der Waals surface area contributed by atoms with Crippen molar-refractivity contribution >= 4 is 51.1 Å². The third kappa shape index (κ3) is 6.13. The van der Waals surface area contributed by atoms with E-state index < -0.39 is 11.6 Å². The van der Waals surface area contributed by atoms with Crippen LogP contribution in [0, 0.1) is 11.6 Å². The molecule has 3 aromatic rings. The van der Waals surface area contributed by atoms with Crippen LogP contribution in [0.2, 0.25) is 0 Å². The minimum Gasteiger partial charge on any atom is -0.493 e. The molecular weight excluding hydrogens is 488 g/mol. The highest BCUT2D eigenvalue weighted by atomic mass is 35.5. The fourth-order valence-electron chi connectivity index (χ4n) is 3.12. The van der Waals surface area contributed by atoms with E-state index in [1.807, 2.05) is 19.0 Å². The number of benzene rings is 2. The second-order valence-electron chi connectivity index (χ2n) is 7.32. The van der Waals surface area contributed by atoms with Gasteiger partial charge in [0.15, 0.2) is 22.4 Å². The van der Waals surface area contributed by atoms with Gasteiger partial charge in [-0.05, 0) is 43.9 Å². The first kappa shape index (κ1) is 27.3. The van der Waals surface area contributed by atoms with Gasteiger partial charge < -0.3 is 19.1 Å². The van der Waals surface area contributed by atoms with Crippen molar-refractivity contribution in [2.24, 2.45) is 0 Å². The van der Waals surface area contributed by atoms with Gasteiger partial charge in [0.25, 0.3) is 5.91 Å². The number of methoxy groups -OCH3 is 3. The van der Waals surface area contributed by atoms with Crippen molar-refractivity contribution in [3.8, 4) is 17.2 Å². The molecule has 11 heteroatoms. The van der Waals surface area contributed by atoms with E-state index in [0.29, 0.717) is 40.6 Å². The molecule has 1 aromatic heterocycles. The van der Waals surface area contributed by atoms with Crippen LogP contribution in [0.3, 0.4) is 0 Å². The van der Waals surface area contributed by atoms with Crippen LogP contribution in [0.15, 0.2) is 30.3 Å². The average molecular weight is 514 g/mol. The lowest BCUT2D eigenvalue weighted by Gasteiger charge is -2.20. The molecule has 0 saturated heterocycles. The summed E-state index contributed by atoms with van der Waals surface area (Å²) in [6, 6.07) is 5.42. The molecule has 2 aromatic carbocycles. The van der Waals surface area contributed by atoms with E-state index >= 15 is 0 Å². The fourth-order valence-corrected chi connectivity index (χ4v) is 4.15. The SMILES string of the molecule is COc1cc(C=CC(=O)N(CCN(C)C)c2nc3c(F)cc(F)cc3s2)cc(OC)c1OC.Cl. The number of aromatic nitrogens is 1. The molecule has 0 aliphatic heterocycles. The molecular formula is C23H26ClF2N3O4S. The minimum atomic E-state index is -0.763. The zero-order valence-electron chi connectivity index (χ0n) is 19.4. The Kier molecular flexibility index (Phi) is 9.60. The van der Waals surface area contributed by atoms with E-state index in [4.69, 9.17) is 14.2 Å². The average Bonchev–Trinajstić information content (AvgIpc) is 3.20. The van der Waals surface area contributed by atoms with E-state index in [1.165, 1.54) is 38.4 Å². The Morgan fingerprint density at radius 1 is 1.03 bits per heavy atom. The molecule has 0 atom stereocenters. The molecule has 1 amide bonds. The van der Waals surface area contributed by atoms with Crippen LogP contribution in [0.25, 0.3) is 16.3 Å². The number of amides is 1. The maximum Gasteiger partial charge on any atom is 0.252 e. The molecule has 7 nitrogen and oxygen atoms in total. The molecule has 0 bridgehead atoms. The summed E-state index contributed by atoms with van der Waals surface area (Å²) in [6.45, 7) is 0.867. The molecule has 0 saturated carbocycles. The van der Waals surface area contributed by atoms with E-state index in [-0.39, 0.29) is 29.0 Å². The Morgan fingerprint density at radius 2 is 1.68 bits per heavy atom. The van der Waals surface area contributed by atoms with Crippen LogP contribution in [0.1, 0.15) is 5.56 Å². The summed E-state index contributed by atoms with van der Waals surface area (Å²) in [5.41, 5.74) is 0.690. The van der Waals surface area contributed by atoms with Gasteiger partial charge in [-0.1, -0.05) is 11.3 Å². The first-order valence-electron chi connectivity index (χ1n) is 9.97. The Bertz CT molecular complexity index is 1160. The highest BCUT2D eigenvalue weighted by Crippen LogP contribution is 2.38. The molecule has 34 heavy (non-hydrogen) atoms. The highest BCUT2D eigenvalue weighted by molar-refractivity contribution is 7.22.